The zero-order valence-corrected chi connectivity index (χ0v) is 13.8. The number of halogens is 1. The Balaban J connectivity index is 2.36. The largest absolute Gasteiger partial charge is 0.384 e. The summed E-state index contributed by atoms with van der Waals surface area (Å²) in [5, 5.41) is 4.91. The van der Waals surface area contributed by atoms with Crippen molar-refractivity contribution >= 4 is 32.5 Å². The molecule has 1 heterocycles. The maximum absolute atomic E-state index is 4.99. The SMILES string of the molecule is CCNc1c2c(nc3c(Br)ccc(C)c13)CCCCC2. The van der Waals surface area contributed by atoms with Crippen LogP contribution in [-0.2, 0) is 12.8 Å². The molecular formula is C17H21BrN2. The van der Waals surface area contributed by atoms with Crippen LogP contribution in [-0.4, -0.2) is 11.5 Å². The lowest BCUT2D eigenvalue weighted by atomic mass is 9.99. The van der Waals surface area contributed by atoms with E-state index in [1.54, 1.807) is 0 Å². The predicted molar refractivity (Wildman–Crippen MR) is 89.6 cm³/mol. The minimum Gasteiger partial charge on any atom is -0.384 e. The Hall–Kier alpha value is -1.09. The molecule has 1 aromatic carbocycles. The summed E-state index contributed by atoms with van der Waals surface area (Å²) >= 11 is 3.67. The average Bonchev–Trinajstić information content (AvgIpc) is 2.68. The fraction of sp³-hybridized carbons (Fsp3) is 0.471. The summed E-state index contributed by atoms with van der Waals surface area (Å²) in [6.45, 7) is 5.31. The smallest absolute Gasteiger partial charge is 0.0870 e. The summed E-state index contributed by atoms with van der Waals surface area (Å²) in [6, 6.07) is 4.29. The molecule has 1 aliphatic rings. The number of rotatable bonds is 2. The molecule has 3 heteroatoms. The summed E-state index contributed by atoms with van der Waals surface area (Å²) in [7, 11) is 0. The van der Waals surface area contributed by atoms with Gasteiger partial charge in [0, 0.05) is 27.8 Å². The van der Waals surface area contributed by atoms with Crippen molar-refractivity contribution in [1.82, 2.24) is 4.98 Å². The molecule has 0 spiro atoms. The van der Waals surface area contributed by atoms with Crippen molar-refractivity contribution in [2.45, 2.75) is 46.0 Å². The number of pyridine rings is 1. The number of nitrogens with zero attached hydrogens (tertiary/aromatic N) is 1. The first kappa shape index (κ1) is 13.9. The van der Waals surface area contributed by atoms with E-state index in [2.05, 4.69) is 47.2 Å². The van der Waals surface area contributed by atoms with Crippen LogP contribution in [0.2, 0.25) is 0 Å². The molecule has 0 unspecified atom stereocenters. The van der Waals surface area contributed by atoms with Crippen LogP contribution in [0.3, 0.4) is 0 Å². The van der Waals surface area contributed by atoms with Crippen molar-refractivity contribution in [3.63, 3.8) is 0 Å². The Labute approximate surface area is 129 Å². The number of aryl methyl sites for hydroxylation is 2. The van der Waals surface area contributed by atoms with Gasteiger partial charge in [-0.05, 0) is 72.7 Å². The van der Waals surface area contributed by atoms with Crippen LogP contribution in [0, 0.1) is 6.92 Å². The highest BCUT2D eigenvalue weighted by Crippen LogP contribution is 2.37. The molecule has 1 aliphatic carbocycles. The van der Waals surface area contributed by atoms with Gasteiger partial charge in [0.2, 0.25) is 0 Å². The third-order valence-electron chi connectivity index (χ3n) is 4.18. The summed E-state index contributed by atoms with van der Waals surface area (Å²) in [6.07, 6.45) is 6.14. The van der Waals surface area contributed by atoms with Crippen molar-refractivity contribution < 1.29 is 0 Å². The Morgan fingerprint density at radius 1 is 1.20 bits per heavy atom. The van der Waals surface area contributed by atoms with Crippen LogP contribution in [0.25, 0.3) is 10.9 Å². The van der Waals surface area contributed by atoms with Crippen molar-refractivity contribution in [2.24, 2.45) is 0 Å². The maximum Gasteiger partial charge on any atom is 0.0870 e. The lowest BCUT2D eigenvalue weighted by Gasteiger charge is -2.18. The molecule has 2 nitrogen and oxygen atoms in total. The first-order chi connectivity index (χ1) is 9.72. The van der Waals surface area contributed by atoms with Gasteiger partial charge in [0.25, 0.3) is 0 Å². The highest BCUT2D eigenvalue weighted by atomic mass is 79.9. The molecule has 0 radical (unpaired) electrons. The molecule has 1 N–H and O–H groups in total. The molecule has 0 fully saturated rings. The van der Waals surface area contributed by atoms with E-state index in [0.717, 1.165) is 29.4 Å². The van der Waals surface area contributed by atoms with Gasteiger partial charge < -0.3 is 5.32 Å². The molecule has 3 rings (SSSR count). The van der Waals surface area contributed by atoms with Gasteiger partial charge in [-0.3, -0.25) is 4.98 Å². The molecule has 2 aromatic rings. The quantitative estimate of drug-likeness (QED) is 0.782. The third-order valence-corrected chi connectivity index (χ3v) is 4.82. The van der Waals surface area contributed by atoms with E-state index in [-0.39, 0.29) is 0 Å². The molecule has 1 aromatic heterocycles. The number of fused-ring (bicyclic) bond motifs is 2. The van der Waals surface area contributed by atoms with Gasteiger partial charge in [-0.25, -0.2) is 0 Å². The maximum atomic E-state index is 4.99. The second-order valence-corrected chi connectivity index (χ2v) is 6.45. The van der Waals surface area contributed by atoms with Crippen LogP contribution in [0.5, 0.6) is 0 Å². The fourth-order valence-electron chi connectivity index (χ4n) is 3.21. The zero-order chi connectivity index (χ0) is 14.1. The molecule has 20 heavy (non-hydrogen) atoms. The Bertz CT molecular complexity index is 649. The van der Waals surface area contributed by atoms with Crippen molar-refractivity contribution in [3.05, 3.63) is 33.4 Å². The van der Waals surface area contributed by atoms with E-state index in [1.807, 2.05) is 0 Å². The number of nitrogens with one attached hydrogen (secondary N) is 1. The highest BCUT2D eigenvalue weighted by Gasteiger charge is 2.19. The lowest BCUT2D eigenvalue weighted by molar-refractivity contribution is 0.709. The van der Waals surface area contributed by atoms with E-state index in [1.165, 1.54) is 47.2 Å². The second kappa shape index (κ2) is 5.72. The number of aromatic nitrogens is 1. The summed E-state index contributed by atoms with van der Waals surface area (Å²) in [5.41, 5.74) is 6.50. The monoisotopic (exact) mass is 332 g/mol. The standard InChI is InChI=1S/C17H21BrN2/c1-3-19-16-12-7-5-4-6-8-14(12)20-17-13(18)10-9-11(2)15(16)17/h9-10H,3-8H2,1-2H3,(H,19,20). The van der Waals surface area contributed by atoms with Gasteiger partial charge in [0.15, 0.2) is 0 Å². The van der Waals surface area contributed by atoms with E-state index >= 15 is 0 Å². The fourth-order valence-corrected chi connectivity index (χ4v) is 3.63. The topological polar surface area (TPSA) is 24.9 Å². The summed E-state index contributed by atoms with van der Waals surface area (Å²) < 4.78 is 1.10. The number of hydrogen-bond donors (Lipinski definition) is 1. The van der Waals surface area contributed by atoms with Gasteiger partial charge >= 0.3 is 0 Å². The molecule has 0 bridgehead atoms. The van der Waals surface area contributed by atoms with Gasteiger partial charge in [0.1, 0.15) is 0 Å². The van der Waals surface area contributed by atoms with Crippen LogP contribution in [0.4, 0.5) is 5.69 Å². The van der Waals surface area contributed by atoms with Crippen LogP contribution >= 0.6 is 15.9 Å². The molecule has 0 amide bonds. The molecule has 106 valence electrons. The Morgan fingerprint density at radius 3 is 2.80 bits per heavy atom. The average molecular weight is 333 g/mol. The van der Waals surface area contributed by atoms with Gasteiger partial charge in [0.05, 0.1) is 5.52 Å². The third kappa shape index (κ3) is 2.32. The van der Waals surface area contributed by atoms with E-state index in [0.29, 0.717) is 0 Å². The first-order valence-electron chi connectivity index (χ1n) is 7.56. The number of benzene rings is 1. The van der Waals surface area contributed by atoms with Crippen LogP contribution in [0.1, 0.15) is 43.0 Å². The molecule has 0 saturated heterocycles. The van der Waals surface area contributed by atoms with Crippen molar-refractivity contribution in [3.8, 4) is 0 Å². The van der Waals surface area contributed by atoms with Gasteiger partial charge in [-0.15, -0.1) is 0 Å². The molecule has 0 atom stereocenters. The minimum atomic E-state index is 0.956. The normalized spacial score (nSPS) is 14.9. The van der Waals surface area contributed by atoms with E-state index in [9.17, 15) is 0 Å². The zero-order valence-electron chi connectivity index (χ0n) is 12.2. The number of hydrogen-bond acceptors (Lipinski definition) is 2. The highest BCUT2D eigenvalue weighted by molar-refractivity contribution is 9.10. The van der Waals surface area contributed by atoms with Crippen LogP contribution < -0.4 is 5.32 Å². The number of anilines is 1. The van der Waals surface area contributed by atoms with Crippen LogP contribution in [0.15, 0.2) is 16.6 Å². The van der Waals surface area contributed by atoms with Crippen molar-refractivity contribution in [1.29, 1.82) is 0 Å². The Kier molecular flexibility index (Phi) is 3.97. The van der Waals surface area contributed by atoms with Gasteiger partial charge in [-0.1, -0.05) is 12.5 Å². The van der Waals surface area contributed by atoms with Gasteiger partial charge in [-0.2, -0.15) is 0 Å². The van der Waals surface area contributed by atoms with E-state index < -0.39 is 0 Å². The predicted octanol–water partition coefficient (Wildman–Crippen LogP) is 5.01. The second-order valence-electron chi connectivity index (χ2n) is 5.59. The molecular weight excluding hydrogens is 312 g/mol. The van der Waals surface area contributed by atoms with Crippen molar-refractivity contribution in [2.75, 3.05) is 11.9 Å². The Morgan fingerprint density at radius 2 is 2.00 bits per heavy atom. The minimum absolute atomic E-state index is 0.956. The van der Waals surface area contributed by atoms with E-state index in [4.69, 9.17) is 4.98 Å². The molecule has 0 aliphatic heterocycles. The lowest BCUT2D eigenvalue weighted by Crippen LogP contribution is -2.07. The summed E-state index contributed by atoms with van der Waals surface area (Å²) in [5.74, 6) is 0. The first-order valence-corrected chi connectivity index (χ1v) is 8.36. The molecule has 0 saturated carbocycles. The summed E-state index contributed by atoms with van der Waals surface area (Å²) in [4.78, 5) is 4.99.